The van der Waals surface area contributed by atoms with Crippen molar-refractivity contribution in [1.82, 2.24) is 20.0 Å². The standard InChI is InChI=1S/C24H32F2N4O2S/c1-16(2)30-21-15-18(23(31)27-8-9-29-10-12-33-13-11-29)6-7-20(21)22(28-30)17-4-3-5-19(14-17)32-24(25)26/h3-5,14,16,18,24H,6-13,15H2,1-2H3,(H,27,31). The number of hydrogen-bond acceptors (Lipinski definition) is 5. The van der Waals surface area contributed by atoms with E-state index in [0.717, 1.165) is 66.5 Å². The molecule has 180 valence electrons. The second-order valence-corrected chi connectivity index (χ2v) is 10.1. The fourth-order valence-corrected chi connectivity index (χ4v) is 5.62. The van der Waals surface area contributed by atoms with Crippen LogP contribution >= 0.6 is 11.8 Å². The minimum absolute atomic E-state index is 0.0787. The van der Waals surface area contributed by atoms with Crippen molar-refractivity contribution in [2.45, 2.75) is 45.8 Å². The van der Waals surface area contributed by atoms with E-state index in [4.69, 9.17) is 5.10 Å². The van der Waals surface area contributed by atoms with Crippen molar-refractivity contribution in [3.63, 3.8) is 0 Å². The van der Waals surface area contributed by atoms with Gasteiger partial charge in [0.05, 0.1) is 5.69 Å². The Balaban J connectivity index is 1.47. The highest BCUT2D eigenvalue weighted by Crippen LogP contribution is 2.36. The number of alkyl halides is 2. The van der Waals surface area contributed by atoms with Gasteiger partial charge in [-0.05, 0) is 38.8 Å². The molecule has 4 rings (SSSR count). The average Bonchev–Trinajstić information content (AvgIpc) is 3.19. The van der Waals surface area contributed by atoms with Gasteiger partial charge in [0.25, 0.3) is 0 Å². The van der Waals surface area contributed by atoms with Crippen LogP contribution < -0.4 is 10.1 Å². The van der Waals surface area contributed by atoms with E-state index >= 15 is 0 Å². The maximum absolute atomic E-state index is 12.9. The first-order valence-electron chi connectivity index (χ1n) is 11.7. The fraction of sp³-hybridized carbons (Fsp3) is 0.583. The van der Waals surface area contributed by atoms with Gasteiger partial charge in [-0.15, -0.1) is 0 Å². The Morgan fingerprint density at radius 2 is 2.09 bits per heavy atom. The second kappa shape index (κ2) is 10.9. The lowest BCUT2D eigenvalue weighted by molar-refractivity contribution is -0.125. The van der Waals surface area contributed by atoms with Gasteiger partial charge in [-0.2, -0.15) is 25.6 Å². The Kier molecular flexibility index (Phi) is 7.90. The lowest BCUT2D eigenvalue weighted by Gasteiger charge is -2.27. The number of fused-ring (bicyclic) bond motifs is 1. The van der Waals surface area contributed by atoms with Crippen molar-refractivity contribution in [3.05, 3.63) is 35.5 Å². The summed E-state index contributed by atoms with van der Waals surface area (Å²) in [4.78, 5) is 15.3. The Morgan fingerprint density at radius 1 is 1.30 bits per heavy atom. The SMILES string of the molecule is CC(C)n1nc(-c2cccc(OC(F)F)c2)c2c1CC(C(=O)NCCN1CCSCC1)CC2. The van der Waals surface area contributed by atoms with E-state index in [0.29, 0.717) is 13.0 Å². The molecule has 1 aliphatic heterocycles. The zero-order valence-electron chi connectivity index (χ0n) is 19.2. The second-order valence-electron chi connectivity index (χ2n) is 8.90. The lowest BCUT2D eigenvalue weighted by Crippen LogP contribution is -2.41. The van der Waals surface area contributed by atoms with Crippen molar-refractivity contribution < 1.29 is 18.3 Å². The van der Waals surface area contributed by atoms with Gasteiger partial charge < -0.3 is 10.1 Å². The average molecular weight is 479 g/mol. The number of carbonyl (C=O) groups excluding carboxylic acids is 1. The Bertz CT molecular complexity index is 960. The van der Waals surface area contributed by atoms with Crippen LogP contribution in [0.4, 0.5) is 8.78 Å². The fourth-order valence-electron chi connectivity index (χ4n) is 4.65. The van der Waals surface area contributed by atoms with Crippen molar-refractivity contribution in [1.29, 1.82) is 0 Å². The normalized spacial score (nSPS) is 19.0. The molecule has 0 bridgehead atoms. The minimum atomic E-state index is -2.87. The summed E-state index contributed by atoms with van der Waals surface area (Å²) < 4.78 is 31.9. The molecule has 0 spiro atoms. The lowest BCUT2D eigenvalue weighted by atomic mass is 9.85. The first-order valence-corrected chi connectivity index (χ1v) is 12.8. The van der Waals surface area contributed by atoms with Gasteiger partial charge in [-0.3, -0.25) is 14.4 Å². The highest BCUT2D eigenvalue weighted by Gasteiger charge is 2.31. The third-order valence-corrected chi connectivity index (χ3v) is 7.27. The molecule has 1 aliphatic carbocycles. The molecule has 2 aromatic rings. The number of nitrogens with one attached hydrogen (secondary N) is 1. The molecular formula is C24H32F2N4O2S. The number of amides is 1. The number of benzene rings is 1. The molecular weight excluding hydrogens is 446 g/mol. The largest absolute Gasteiger partial charge is 0.435 e. The smallest absolute Gasteiger partial charge is 0.387 e. The number of carbonyl (C=O) groups is 1. The molecule has 2 heterocycles. The van der Waals surface area contributed by atoms with Crippen molar-refractivity contribution in [2.75, 3.05) is 37.7 Å². The molecule has 2 aliphatic rings. The van der Waals surface area contributed by atoms with Crippen molar-refractivity contribution in [3.8, 4) is 17.0 Å². The van der Waals surface area contributed by atoms with Crippen LogP contribution in [-0.2, 0) is 17.6 Å². The quantitative estimate of drug-likeness (QED) is 0.622. The van der Waals surface area contributed by atoms with E-state index < -0.39 is 6.61 Å². The van der Waals surface area contributed by atoms with Crippen LogP contribution in [0.25, 0.3) is 11.3 Å². The molecule has 1 atom stereocenters. The van der Waals surface area contributed by atoms with Gasteiger partial charge in [-0.25, -0.2) is 0 Å². The van der Waals surface area contributed by atoms with Gasteiger partial charge in [0.2, 0.25) is 5.91 Å². The number of nitrogens with zero attached hydrogens (tertiary/aromatic N) is 3. The summed E-state index contributed by atoms with van der Waals surface area (Å²) in [5, 5.41) is 7.97. The van der Waals surface area contributed by atoms with Crippen LogP contribution in [0.3, 0.4) is 0 Å². The van der Waals surface area contributed by atoms with Gasteiger partial charge in [0.1, 0.15) is 5.75 Å². The summed E-state index contributed by atoms with van der Waals surface area (Å²) >= 11 is 1.98. The molecule has 1 N–H and O–H groups in total. The molecule has 33 heavy (non-hydrogen) atoms. The van der Waals surface area contributed by atoms with Crippen LogP contribution in [0.15, 0.2) is 24.3 Å². The highest BCUT2D eigenvalue weighted by molar-refractivity contribution is 7.99. The molecule has 1 fully saturated rings. The van der Waals surface area contributed by atoms with E-state index in [-0.39, 0.29) is 23.6 Å². The molecule has 6 nitrogen and oxygen atoms in total. The van der Waals surface area contributed by atoms with E-state index in [1.165, 1.54) is 6.07 Å². The predicted molar refractivity (Wildman–Crippen MR) is 127 cm³/mol. The highest BCUT2D eigenvalue weighted by atomic mass is 32.2. The number of ether oxygens (including phenoxy) is 1. The molecule has 1 aromatic heterocycles. The van der Waals surface area contributed by atoms with Gasteiger partial charge in [0.15, 0.2) is 0 Å². The summed E-state index contributed by atoms with van der Waals surface area (Å²) in [7, 11) is 0. The van der Waals surface area contributed by atoms with Crippen molar-refractivity contribution in [2.24, 2.45) is 5.92 Å². The first kappa shape index (κ1) is 24.0. The van der Waals surface area contributed by atoms with Crippen molar-refractivity contribution >= 4 is 17.7 Å². The van der Waals surface area contributed by atoms with E-state index in [2.05, 4.69) is 28.8 Å². The predicted octanol–water partition coefficient (Wildman–Crippen LogP) is 4.00. The van der Waals surface area contributed by atoms with Crippen LogP contribution in [-0.4, -0.2) is 64.9 Å². The molecule has 1 saturated heterocycles. The third kappa shape index (κ3) is 5.87. The van der Waals surface area contributed by atoms with E-state index in [1.54, 1.807) is 12.1 Å². The topological polar surface area (TPSA) is 59.4 Å². The molecule has 0 saturated carbocycles. The molecule has 1 amide bonds. The van der Waals surface area contributed by atoms with Crippen LogP contribution in [0.1, 0.15) is 37.6 Å². The van der Waals surface area contributed by atoms with Gasteiger partial charge >= 0.3 is 6.61 Å². The third-order valence-electron chi connectivity index (χ3n) is 6.32. The summed E-state index contributed by atoms with van der Waals surface area (Å²) in [6.07, 6.45) is 2.13. The Labute approximate surface area is 198 Å². The first-order chi connectivity index (χ1) is 15.9. The number of aromatic nitrogens is 2. The minimum Gasteiger partial charge on any atom is -0.435 e. The number of halogens is 2. The van der Waals surface area contributed by atoms with Crippen LogP contribution in [0.2, 0.25) is 0 Å². The maximum Gasteiger partial charge on any atom is 0.387 e. The molecule has 9 heteroatoms. The molecule has 1 aromatic carbocycles. The zero-order chi connectivity index (χ0) is 23.4. The molecule has 0 radical (unpaired) electrons. The maximum atomic E-state index is 12.9. The van der Waals surface area contributed by atoms with Crippen LogP contribution in [0, 0.1) is 5.92 Å². The number of hydrogen-bond donors (Lipinski definition) is 1. The number of rotatable bonds is 8. The summed E-state index contributed by atoms with van der Waals surface area (Å²) in [6.45, 7) is 5.02. The van der Waals surface area contributed by atoms with Gasteiger partial charge in [0, 0.05) is 72.9 Å². The summed E-state index contributed by atoms with van der Waals surface area (Å²) in [5.41, 5.74) is 3.72. The van der Waals surface area contributed by atoms with E-state index in [1.807, 2.05) is 22.5 Å². The van der Waals surface area contributed by atoms with E-state index in [9.17, 15) is 13.6 Å². The Morgan fingerprint density at radius 3 is 2.82 bits per heavy atom. The monoisotopic (exact) mass is 478 g/mol. The number of thioether (sulfide) groups is 1. The van der Waals surface area contributed by atoms with Gasteiger partial charge in [-0.1, -0.05) is 12.1 Å². The Hall–Kier alpha value is -2.13. The summed E-state index contributed by atoms with van der Waals surface area (Å²) in [6, 6.07) is 6.83. The zero-order valence-corrected chi connectivity index (χ0v) is 20.0. The van der Waals surface area contributed by atoms with Crippen LogP contribution in [0.5, 0.6) is 5.75 Å². The summed E-state index contributed by atoms with van der Waals surface area (Å²) in [5.74, 6) is 2.48. The molecule has 1 unspecified atom stereocenters.